The number of aromatic nitrogens is 4. The van der Waals surface area contributed by atoms with Crippen LogP contribution in [0.3, 0.4) is 0 Å². The fourth-order valence-corrected chi connectivity index (χ4v) is 11.6. The maximum Gasteiger partial charge on any atom is 0.0977 e. The molecule has 4 nitrogen and oxygen atoms in total. The van der Waals surface area contributed by atoms with Crippen LogP contribution in [0.5, 0.6) is 0 Å². The summed E-state index contributed by atoms with van der Waals surface area (Å²) in [6.07, 6.45) is 2.11. The van der Waals surface area contributed by atoms with Gasteiger partial charge in [0.2, 0.25) is 0 Å². The van der Waals surface area contributed by atoms with Gasteiger partial charge in [-0.2, -0.15) is 0 Å². The zero-order valence-electron chi connectivity index (χ0n) is 43.8. The summed E-state index contributed by atoms with van der Waals surface area (Å²) in [7, 11) is 0. The van der Waals surface area contributed by atoms with Crippen molar-refractivity contribution in [1.29, 1.82) is 0 Å². The predicted molar refractivity (Wildman–Crippen MR) is 308 cm³/mol. The molecule has 0 atom stereocenters. The molecule has 6 aromatic heterocycles. The van der Waals surface area contributed by atoms with E-state index in [1.54, 1.807) is 0 Å². The summed E-state index contributed by atoms with van der Waals surface area (Å²) in [5, 5.41) is 8.51. The average molecular weight is 935 g/mol. The van der Waals surface area contributed by atoms with E-state index in [-0.39, 0.29) is 21.7 Å². The zero-order valence-corrected chi connectivity index (χ0v) is 43.8. The van der Waals surface area contributed by atoms with Crippen LogP contribution in [0.2, 0.25) is 0 Å². The molecular formula is C68H62N4. The zero-order chi connectivity index (χ0) is 50.0. The van der Waals surface area contributed by atoms with Crippen molar-refractivity contribution >= 4 is 76.3 Å². The highest BCUT2D eigenvalue weighted by Gasteiger charge is 2.26. The lowest BCUT2D eigenvalue weighted by Crippen LogP contribution is -2.10. The molecule has 0 saturated heterocycles. The van der Waals surface area contributed by atoms with E-state index in [9.17, 15) is 0 Å². The highest BCUT2D eigenvalue weighted by molar-refractivity contribution is 6.29. The first-order valence-electron chi connectivity index (χ1n) is 25.8. The second-order valence-corrected chi connectivity index (χ2v) is 24.9. The van der Waals surface area contributed by atoms with Crippen molar-refractivity contribution in [2.75, 3.05) is 0 Å². The van der Waals surface area contributed by atoms with Gasteiger partial charge in [-0.1, -0.05) is 186 Å². The van der Waals surface area contributed by atoms with Crippen LogP contribution in [0.15, 0.2) is 158 Å². The van der Waals surface area contributed by atoms with Crippen LogP contribution in [0.1, 0.15) is 105 Å². The molecule has 0 amide bonds. The molecule has 0 fully saturated rings. The first-order valence-corrected chi connectivity index (χ1v) is 25.8. The third-order valence-electron chi connectivity index (χ3n) is 15.9. The quantitative estimate of drug-likeness (QED) is 0.176. The van der Waals surface area contributed by atoms with Crippen molar-refractivity contribution in [3.05, 3.63) is 180 Å². The van der Waals surface area contributed by atoms with E-state index in [4.69, 9.17) is 9.97 Å². The number of rotatable bonds is 4. The van der Waals surface area contributed by atoms with Crippen LogP contribution in [0.25, 0.3) is 121 Å². The molecule has 13 aromatic rings. The first-order chi connectivity index (χ1) is 34.2. The van der Waals surface area contributed by atoms with Crippen LogP contribution < -0.4 is 0 Å². The Balaban J connectivity index is 1.10. The maximum absolute atomic E-state index is 5.66. The molecule has 0 saturated carbocycles. The minimum atomic E-state index is 0.0534. The van der Waals surface area contributed by atoms with Gasteiger partial charge in [0.1, 0.15) is 0 Å². The van der Waals surface area contributed by atoms with Gasteiger partial charge in [-0.05, 0) is 115 Å². The molecule has 0 aliphatic carbocycles. The first kappa shape index (κ1) is 44.4. The largest absolute Gasteiger partial charge is 0.306 e. The van der Waals surface area contributed by atoms with Crippen molar-refractivity contribution in [1.82, 2.24) is 18.8 Å². The van der Waals surface area contributed by atoms with Crippen LogP contribution >= 0.6 is 0 Å². The van der Waals surface area contributed by atoms with Gasteiger partial charge in [0.25, 0.3) is 0 Å². The third kappa shape index (κ3) is 6.78. The van der Waals surface area contributed by atoms with E-state index in [2.05, 4.69) is 250 Å². The van der Waals surface area contributed by atoms with Gasteiger partial charge in [-0.3, -0.25) is 4.98 Å². The van der Waals surface area contributed by atoms with E-state index in [0.29, 0.717) is 0 Å². The summed E-state index contributed by atoms with van der Waals surface area (Å²) in [5.74, 6) is 0. The summed E-state index contributed by atoms with van der Waals surface area (Å²) in [6.45, 7) is 27.3. The fourth-order valence-electron chi connectivity index (χ4n) is 11.6. The maximum atomic E-state index is 5.66. The van der Waals surface area contributed by atoms with E-state index in [1.807, 2.05) is 0 Å². The summed E-state index contributed by atoms with van der Waals surface area (Å²) < 4.78 is 4.98. The molecule has 0 radical (unpaired) electrons. The molecule has 7 aromatic carbocycles. The molecule has 0 spiro atoms. The standard InChI is InChI=1S/C68H62N4/c1-65(2,3)45-22-13-39(14-23-45)43-21-30-58-49(31-43)54-36-57(42-19-28-48(29-20-42)68(10,11)12)70-62-55-34-50-52-32-44(40-15-24-46(25-16-40)66(4,5)6)33-53-51-35-56(41-17-26-47(27-18-41)67(7,8)9)69-38-61(51)72(63(52)53)59(50)37-60(55)71(58)64(54)62/h13-38H,1-12H3. The molecular weight excluding hydrogens is 873 g/mol. The molecule has 0 unspecified atom stereocenters. The van der Waals surface area contributed by atoms with E-state index < -0.39 is 0 Å². The molecule has 0 aliphatic rings. The Kier molecular flexibility index (Phi) is 9.24. The molecule has 0 N–H and O–H groups in total. The molecule has 72 heavy (non-hydrogen) atoms. The lowest BCUT2D eigenvalue weighted by Gasteiger charge is -2.19. The number of fused-ring (bicyclic) bond motifs is 12. The second-order valence-electron chi connectivity index (χ2n) is 24.9. The Morgan fingerprint density at radius 1 is 0.292 bits per heavy atom. The Bertz CT molecular complexity index is 4010. The number of benzene rings is 7. The Hall–Kier alpha value is -7.56. The highest BCUT2D eigenvalue weighted by atomic mass is 15.0. The van der Waals surface area contributed by atoms with E-state index in [1.165, 1.54) is 93.4 Å². The average Bonchev–Trinajstić information content (AvgIpc) is 4.07. The summed E-state index contributed by atoms with van der Waals surface area (Å²) in [6, 6.07) is 57.9. The summed E-state index contributed by atoms with van der Waals surface area (Å²) in [5.41, 5.74) is 22.7. The Morgan fingerprint density at radius 3 is 1.21 bits per heavy atom. The van der Waals surface area contributed by atoms with Gasteiger partial charge in [0.15, 0.2) is 0 Å². The highest BCUT2D eigenvalue weighted by Crippen LogP contribution is 2.47. The minimum absolute atomic E-state index is 0.0534. The molecule has 4 heteroatoms. The summed E-state index contributed by atoms with van der Waals surface area (Å²) in [4.78, 5) is 10.9. The SMILES string of the molecule is CC(C)(C)c1ccc(-c2ccc3c(c2)c2cc(-c4ccc(C(C)(C)C)cc4)nc4c5cc6c7cc(-c8ccc(C(C)(C)C)cc8)cc8c9cc(-c%10ccc(C(C)(C)C)cc%10)ncc9n(c6cc5n3c24)c87)cc1. The smallest absolute Gasteiger partial charge is 0.0977 e. The normalized spacial score (nSPS) is 13.3. The van der Waals surface area contributed by atoms with Crippen molar-refractivity contribution < 1.29 is 0 Å². The predicted octanol–water partition coefficient (Wildman–Crippen LogP) is 18.6. The van der Waals surface area contributed by atoms with Gasteiger partial charge in [0, 0.05) is 48.8 Å². The topological polar surface area (TPSA) is 34.6 Å². The van der Waals surface area contributed by atoms with Crippen LogP contribution in [0.4, 0.5) is 0 Å². The number of nitrogens with zero attached hydrogens (tertiary/aromatic N) is 4. The number of hydrogen-bond donors (Lipinski definition) is 0. The van der Waals surface area contributed by atoms with Gasteiger partial charge < -0.3 is 8.80 Å². The lowest BCUT2D eigenvalue weighted by molar-refractivity contribution is 0.590. The van der Waals surface area contributed by atoms with E-state index in [0.717, 1.165) is 50.0 Å². The van der Waals surface area contributed by atoms with Crippen molar-refractivity contribution in [2.45, 2.75) is 105 Å². The second kappa shape index (κ2) is 15.0. The van der Waals surface area contributed by atoms with Crippen LogP contribution in [0, 0.1) is 0 Å². The van der Waals surface area contributed by atoms with Gasteiger partial charge in [-0.15, -0.1) is 0 Å². The van der Waals surface area contributed by atoms with Crippen LogP contribution in [-0.2, 0) is 21.7 Å². The van der Waals surface area contributed by atoms with Crippen LogP contribution in [-0.4, -0.2) is 18.8 Å². The molecule has 13 rings (SSSR count). The molecule has 0 aliphatic heterocycles. The van der Waals surface area contributed by atoms with Gasteiger partial charge >= 0.3 is 0 Å². The molecule has 0 bridgehead atoms. The third-order valence-corrected chi connectivity index (χ3v) is 15.9. The van der Waals surface area contributed by atoms with Crippen molar-refractivity contribution in [3.63, 3.8) is 0 Å². The molecule has 354 valence electrons. The number of hydrogen-bond acceptors (Lipinski definition) is 2. The monoisotopic (exact) mass is 934 g/mol. The molecule has 6 heterocycles. The number of pyridine rings is 2. The Morgan fingerprint density at radius 2 is 0.681 bits per heavy atom. The minimum Gasteiger partial charge on any atom is -0.306 e. The van der Waals surface area contributed by atoms with Crippen molar-refractivity contribution in [3.8, 4) is 44.8 Å². The van der Waals surface area contributed by atoms with Gasteiger partial charge in [0.05, 0.1) is 56.2 Å². The lowest BCUT2D eigenvalue weighted by atomic mass is 9.86. The summed E-state index contributed by atoms with van der Waals surface area (Å²) >= 11 is 0. The fraction of sp³-hybridized carbons (Fsp3) is 0.235. The van der Waals surface area contributed by atoms with Gasteiger partial charge in [-0.25, -0.2) is 4.98 Å². The van der Waals surface area contributed by atoms with E-state index >= 15 is 0 Å². The Labute approximate surface area is 422 Å². The van der Waals surface area contributed by atoms with Crippen molar-refractivity contribution in [2.24, 2.45) is 0 Å².